The van der Waals surface area contributed by atoms with Crippen molar-refractivity contribution >= 4 is 11.8 Å². The molecule has 228 valence electrons. The number of epoxide rings is 1. The Morgan fingerprint density at radius 1 is 1.05 bits per heavy atom. The van der Waals surface area contributed by atoms with Gasteiger partial charge in [-0.15, -0.1) is 0 Å². The number of aliphatic hydroxyl groups excluding tert-OH is 3. The van der Waals surface area contributed by atoms with Crippen LogP contribution in [-0.4, -0.2) is 106 Å². The molecule has 7 aliphatic rings. The highest BCUT2D eigenvalue weighted by Crippen LogP contribution is 2.76. The number of hydrogen-bond donors (Lipinski definition) is 4. The van der Waals surface area contributed by atoms with Gasteiger partial charge >= 0.3 is 5.97 Å². The van der Waals surface area contributed by atoms with Crippen molar-refractivity contribution in [3.8, 4) is 0 Å². The Morgan fingerprint density at radius 3 is 2.49 bits per heavy atom. The summed E-state index contributed by atoms with van der Waals surface area (Å²) in [5.74, 6) is -1.77. The van der Waals surface area contributed by atoms with E-state index in [0.717, 1.165) is 0 Å². The predicted octanol–water partition coefficient (Wildman–Crippen LogP) is 0.391. The highest BCUT2D eigenvalue weighted by molar-refractivity contribution is 5.94. The zero-order valence-corrected chi connectivity index (χ0v) is 24.0. The largest absolute Gasteiger partial charge is 0.458 e. The summed E-state index contributed by atoms with van der Waals surface area (Å²) in [7, 11) is 1.43. The lowest BCUT2D eigenvalue weighted by Gasteiger charge is -2.62. The molecule has 11 heteroatoms. The molecule has 4 N–H and O–H groups in total. The quantitative estimate of drug-likeness (QED) is 0.207. The summed E-state index contributed by atoms with van der Waals surface area (Å²) in [4.78, 5) is 26.0. The standard InChI is InChI=1S/C30H42O11/c1-13-20(32)23(37-4)21(33)26(39-13)40-16-5-7-27(2)15(10-16)11-18-30(41-18)24(27)22(34)25(35)28(3)17(6-8-29(28,30)36)14-9-19(31)38-12-14/h9,13,15-18,20-24,26,32-34,36H,5-8,10-12H2,1-4H3/t13-,15+,16-,17-,18-,20+,21+,22+,23+,24-,26+,27+,28+,29+,30+/m1/s1. The number of Topliss-reactive ketones (excluding diaryl/α,β-unsaturated/α-hetero) is 1. The summed E-state index contributed by atoms with van der Waals surface area (Å²) in [6.45, 7) is 5.65. The van der Waals surface area contributed by atoms with Crippen LogP contribution in [0.4, 0.5) is 0 Å². The molecule has 11 nitrogen and oxygen atoms in total. The van der Waals surface area contributed by atoms with Crippen LogP contribution in [0.2, 0.25) is 0 Å². The van der Waals surface area contributed by atoms with Crippen LogP contribution in [0.3, 0.4) is 0 Å². The summed E-state index contributed by atoms with van der Waals surface area (Å²) < 4.78 is 29.0. The molecule has 7 rings (SSSR count). The molecule has 4 saturated carbocycles. The number of cyclic esters (lactones) is 1. The number of methoxy groups -OCH3 is 1. The number of fused-ring (bicyclic) bond motifs is 3. The van der Waals surface area contributed by atoms with Gasteiger partial charge in [0.15, 0.2) is 12.1 Å². The third-order valence-corrected chi connectivity index (χ3v) is 12.5. The molecule has 0 unspecified atom stereocenters. The molecular formula is C30H42O11. The first kappa shape index (κ1) is 28.3. The first-order valence-electron chi connectivity index (χ1n) is 15.0. The minimum absolute atomic E-state index is 0.0463. The van der Waals surface area contributed by atoms with Gasteiger partial charge in [0.1, 0.15) is 42.2 Å². The number of ketones is 1. The third kappa shape index (κ3) is 3.43. The second kappa shape index (κ2) is 9.04. The zero-order valence-electron chi connectivity index (χ0n) is 24.0. The highest BCUT2D eigenvalue weighted by atomic mass is 16.7. The summed E-state index contributed by atoms with van der Waals surface area (Å²) in [5.41, 5.74) is -3.60. The van der Waals surface area contributed by atoms with E-state index in [2.05, 4.69) is 6.92 Å². The van der Waals surface area contributed by atoms with Crippen LogP contribution in [0.5, 0.6) is 0 Å². The fourth-order valence-corrected chi connectivity index (χ4v) is 10.3. The Balaban J connectivity index is 1.15. The molecule has 0 aromatic carbocycles. The van der Waals surface area contributed by atoms with Crippen molar-refractivity contribution in [3.05, 3.63) is 11.6 Å². The predicted molar refractivity (Wildman–Crippen MR) is 139 cm³/mol. The summed E-state index contributed by atoms with van der Waals surface area (Å²) in [6.07, 6.45) is -1.55. The number of rotatable bonds is 4. The Hall–Kier alpha value is -1.44. The lowest BCUT2D eigenvalue weighted by molar-refractivity contribution is -0.313. The van der Waals surface area contributed by atoms with E-state index in [9.17, 15) is 30.0 Å². The van der Waals surface area contributed by atoms with E-state index >= 15 is 0 Å². The van der Waals surface area contributed by atoms with Crippen molar-refractivity contribution in [2.45, 2.75) is 120 Å². The first-order valence-corrected chi connectivity index (χ1v) is 15.0. The molecule has 1 spiro atoms. The van der Waals surface area contributed by atoms with Crippen molar-refractivity contribution in [1.29, 1.82) is 0 Å². The van der Waals surface area contributed by atoms with Crippen molar-refractivity contribution in [1.82, 2.24) is 0 Å². The maximum absolute atomic E-state index is 14.2. The average molecular weight is 579 g/mol. The molecule has 0 bridgehead atoms. The van der Waals surface area contributed by atoms with Crippen molar-refractivity contribution < 1.29 is 53.7 Å². The van der Waals surface area contributed by atoms with Crippen LogP contribution in [0.25, 0.3) is 0 Å². The molecule has 15 atom stereocenters. The monoisotopic (exact) mass is 578 g/mol. The van der Waals surface area contributed by atoms with Gasteiger partial charge in [-0.1, -0.05) is 6.92 Å². The first-order chi connectivity index (χ1) is 19.3. The Bertz CT molecular complexity index is 1170. The second-order valence-corrected chi connectivity index (χ2v) is 14.0. The number of carbonyl (C=O) groups excluding carboxylic acids is 2. The Labute approximate surface area is 239 Å². The van der Waals surface area contributed by atoms with Crippen molar-refractivity contribution in [2.24, 2.45) is 28.6 Å². The topological polar surface area (TPSA) is 165 Å². The third-order valence-electron chi connectivity index (χ3n) is 12.5. The molecule has 0 aromatic rings. The van der Waals surface area contributed by atoms with Gasteiger partial charge in [0, 0.05) is 19.1 Å². The SMILES string of the molecule is CO[C@@H]1[C@H](O)[C@H](O[C@@H]2CC[C@@]3(C)[C@@H](C2)C[C@H]2O[C@]24[C@@H]3[C@H](O)C(=O)[C@]2(C)[C@@H](C3=CC(=O)OC3)CC[C@@]42O)O[C@H](C)[C@@H]1O. The minimum Gasteiger partial charge on any atom is -0.458 e. The molecule has 3 aliphatic heterocycles. The molecule has 0 radical (unpaired) electrons. The molecule has 3 heterocycles. The molecule has 6 fully saturated rings. The van der Waals surface area contributed by atoms with Crippen molar-refractivity contribution in [3.63, 3.8) is 0 Å². The van der Waals surface area contributed by atoms with Crippen LogP contribution in [0.15, 0.2) is 11.6 Å². The normalized spacial score (nSPS) is 57.7. The lowest BCUT2D eigenvalue weighted by atomic mass is 9.41. The number of aliphatic hydroxyl groups is 4. The van der Waals surface area contributed by atoms with E-state index in [0.29, 0.717) is 44.1 Å². The fraction of sp³-hybridized carbons (Fsp3) is 0.867. The fourth-order valence-electron chi connectivity index (χ4n) is 10.3. The lowest BCUT2D eigenvalue weighted by Crippen LogP contribution is -2.75. The van der Waals surface area contributed by atoms with Gasteiger partial charge in [0.2, 0.25) is 0 Å². The molecule has 4 aliphatic carbocycles. The van der Waals surface area contributed by atoms with E-state index in [1.54, 1.807) is 13.8 Å². The van der Waals surface area contributed by atoms with Crippen LogP contribution in [0, 0.1) is 28.6 Å². The summed E-state index contributed by atoms with van der Waals surface area (Å²) in [6, 6.07) is 0. The molecule has 2 saturated heterocycles. The van der Waals surface area contributed by atoms with Gasteiger partial charge in [0.05, 0.1) is 23.7 Å². The molecule has 41 heavy (non-hydrogen) atoms. The second-order valence-electron chi connectivity index (χ2n) is 14.0. The van der Waals surface area contributed by atoms with Crippen molar-refractivity contribution in [2.75, 3.05) is 13.7 Å². The molecule has 0 amide bonds. The van der Waals surface area contributed by atoms with E-state index in [1.807, 2.05) is 0 Å². The van der Waals surface area contributed by atoms with Gasteiger partial charge in [0.25, 0.3) is 0 Å². The Kier molecular flexibility index (Phi) is 6.25. The maximum atomic E-state index is 14.2. The van der Waals surface area contributed by atoms with E-state index in [-0.39, 0.29) is 30.5 Å². The van der Waals surface area contributed by atoms with Gasteiger partial charge < -0.3 is 44.1 Å². The van der Waals surface area contributed by atoms with Crippen LogP contribution in [-0.2, 0) is 33.3 Å². The minimum atomic E-state index is -1.48. The number of hydrogen-bond acceptors (Lipinski definition) is 11. The van der Waals surface area contributed by atoms with Crippen LogP contribution >= 0.6 is 0 Å². The highest BCUT2D eigenvalue weighted by Gasteiger charge is 2.88. The average Bonchev–Trinajstić information content (AvgIpc) is 3.38. The van der Waals surface area contributed by atoms with Gasteiger partial charge in [-0.05, 0) is 75.2 Å². The summed E-state index contributed by atoms with van der Waals surface area (Å²) in [5, 5.41) is 45.4. The van der Waals surface area contributed by atoms with Gasteiger partial charge in [-0.2, -0.15) is 0 Å². The Morgan fingerprint density at radius 2 is 1.80 bits per heavy atom. The molecular weight excluding hydrogens is 536 g/mol. The van der Waals surface area contributed by atoms with Gasteiger partial charge in [-0.3, -0.25) is 4.79 Å². The van der Waals surface area contributed by atoms with E-state index in [4.69, 9.17) is 23.7 Å². The number of esters is 1. The summed E-state index contributed by atoms with van der Waals surface area (Å²) >= 11 is 0. The molecule has 0 aromatic heterocycles. The maximum Gasteiger partial charge on any atom is 0.331 e. The zero-order chi connectivity index (χ0) is 29.3. The van der Waals surface area contributed by atoms with Gasteiger partial charge in [-0.25, -0.2) is 4.79 Å². The number of carbonyl (C=O) groups is 2. The van der Waals surface area contributed by atoms with Crippen LogP contribution < -0.4 is 0 Å². The van der Waals surface area contributed by atoms with E-state index in [1.165, 1.54) is 13.2 Å². The number of ether oxygens (including phenoxy) is 5. The van der Waals surface area contributed by atoms with E-state index < -0.39 is 76.6 Å². The smallest absolute Gasteiger partial charge is 0.331 e. The van der Waals surface area contributed by atoms with Crippen LogP contribution in [0.1, 0.15) is 59.3 Å².